The molecule has 2 aromatic carbocycles. The average Bonchev–Trinajstić information content (AvgIpc) is 2.66. The van der Waals surface area contributed by atoms with Crippen LogP contribution in [-0.2, 0) is 27.2 Å². The maximum absolute atomic E-state index is 12.8. The van der Waals surface area contributed by atoms with Gasteiger partial charge in [0.2, 0.25) is 0 Å². The number of carbonyl (C=O) groups is 2. The highest BCUT2D eigenvalue weighted by Gasteiger charge is 2.30. The zero-order valence-corrected chi connectivity index (χ0v) is 18.2. The Morgan fingerprint density at radius 2 is 1.79 bits per heavy atom. The molecule has 0 amide bonds. The highest BCUT2D eigenvalue weighted by atomic mass is 32.2. The SMILES string of the molecule is COC(=O)Cc1ccc(CN)c2c1Sc1c(C(=O)OC(C)(C)C)cccc1N2C. The largest absolute Gasteiger partial charge is 0.469 e. The number of hydrogen-bond donors (Lipinski definition) is 1. The lowest BCUT2D eigenvalue weighted by Crippen LogP contribution is -2.25. The second kappa shape index (κ2) is 8.08. The van der Waals surface area contributed by atoms with Gasteiger partial charge in [0.25, 0.3) is 0 Å². The summed E-state index contributed by atoms with van der Waals surface area (Å²) in [7, 11) is 3.32. The molecule has 0 saturated carbocycles. The molecule has 0 saturated heterocycles. The van der Waals surface area contributed by atoms with Gasteiger partial charge in [-0.15, -0.1) is 0 Å². The first-order chi connectivity index (χ1) is 13.7. The van der Waals surface area contributed by atoms with E-state index >= 15 is 0 Å². The Hall–Kier alpha value is -2.51. The maximum Gasteiger partial charge on any atom is 0.339 e. The third-order valence-corrected chi connectivity index (χ3v) is 5.89. The molecule has 1 aliphatic rings. The predicted octanol–water partition coefficient (Wildman–Crippen LogP) is 4.05. The predicted molar refractivity (Wildman–Crippen MR) is 114 cm³/mol. The summed E-state index contributed by atoms with van der Waals surface area (Å²) in [6, 6.07) is 9.43. The van der Waals surface area contributed by atoms with Crippen molar-refractivity contribution in [1.29, 1.82) is 0 Å². The molecule has 0 radical (unpaired) electrons. The molecule has 0 bridgehead atoms. The molecule has 1 heterocycles. The molecular weight excluding hydrogens is 388 g/mol. The summed E-state index contributed by atoms with van der Waals surface area (Å²) < 4.78 is 10.5. The maximum atomic E-state index is 12.8. The molecule has 6 nitrogen and oxygen atoms in total. The Morgan fingerprint density at radius 1 is 1.10 bits per heavy atom. The van der Waals surface area contributed by atoms with Crippen LogP contribution >= 0.6 is 11.8 Å². The number of esters is 2. The van der Waals surface area contributed by atoms with E-state index in [0.717, 1.165) is 32.3 Å². The molecule has 0 fully saturated rings. The van der Waals surface area contributed by atoms with Crippen molar-refractivity contribution in [3.8, 4) is 0 Å². The quantitative estimate of drug-likeness (QED) is 0.756. The number of rotatable bonds is 4. The van der Waals surface area contributed by atoms with Gasteiger partial charge in [0.05, 0.1) is 35.4 Å². The van der Waals surface area contributed by atoms with E-state index in [0.29, 0.717) is 12.1 Å². The molecule has 0 spiro atoms. The van der Waals surface area contributed by atoms with Gasteiger partial charge in [-0.05, 0) is 44.0 Å². The number of carbonyl (C=O) groups excluding carboxylic acids is 2. The smallest absolute Gasteiger partial charge is 0.339 e. The summed E-state index contributed by atoms with van der Waals surface area (Å²) in [6.07, 6.45) is 0.147. The molecule has 1 aliphatic heterocycles. The zero-order valence-electron chi connectivity index (χ0n) is 17.4. The molecule has 0 aliphatic carbocycles. The third-order valence-electron chi connectivity index (χ3n) is 4.59. The van der Waals surface area contributed by atoms with Crippen molar-refractivity contribution in [3.05, 3.63) is 47.0 Å². The molecule has 29 heavy (non-hydrogen) atoms. The van der Waals surface area contributed by atoms with Gasteiger partial charge in [-0.3, -0.25) is 4.79 Å². The van der Waals surface area contributed by atoms with Gasteiger partial charge >= 0.3 is 11.9 Å². The van der Waals surface area contributed by atoms with Crippen molar-refractivity contribution in [2.75, 3.05) is 19.1 Å². The lowest BCUT2D eigenvalue weighted by Gasteiger charge is -2.33. The van der Waals surface area contributed by atoms with Crippen LogP contribution in [0.2, 0.25) is 0 Å². The summed E-state index contributed by atoms with van der Waals surface area (Å²) in [5, 5.41) is 0. The summed E-state index contributed by atoms with van der Waals surface area (Å²) >= 11 is 1.47. The van der Waals surface area contributed by atoms with Crippen molar-refractivity contribution >= 4 is 35.1 Å². The molecule has 3 rings (SSSR count). The second-order valence-electron chi connectivity index (χ2n) is 7.84. The summed E-state index contributed by atoms with van der Waals surface area (Å²) in [4.78, 5) is 28.5. The van der Waals surface area contributed by atoms with Crippen LogP contribution in [0.5, 0.6) is 0 Å². The number of benzene rings is 2. The first kappa shape index (κ1) is 21.2. The van der Waals surface area contributed by atoms with Crippen LogP contribution in [0.15, 0.2) is 40.1 Å². The van der Waals surface area contributed by atoms with Crippen LogP contribution in [0.1, 0.15) is 42.3 Å². The van der Waals surface area contributed by atoms with E-state index in [1.807, 2.05) is 57.0 Å². The van der Waals surface area contributed by atoms with E-state index < -0.39 is 5.60 Å². The van der Waals surface area contributed by atoms with Crippen LogP contribution in [0.4, 0.5) is 11.4 Å². The Morgan fingerprint density at radius 3 is 2.41 bits per heavy atom. The average molecular weight is 415 g/mol. The monoisotopic (exact) mass is 414 g/mol. The molecule has 2 N–H and O–H groups in total. The van der Waals surface area contributed by atoms with Crippen molar-refractivity contribution in [2.45, 2.75) is 49.1 Å². The summed E-state index contributed by atoms with van der Waals surface area (Å²) in [5.74, 6) is -0.689. The lowest BCUT2D eigenvalue weighted by molar-refractivity contribution is -0.139. The Bertz CT molecular complexity index is 966. The van der Waals surface area contributed by atoms with Crippen LogP contribution in [0, 0.1) is 0 Å². The van der Waals surface area contributed by atoms with Crippen molar-refractivity contribution in [2.24, 2.45) is 5.73 Å². The highest BCUT2D eigenvalue weighted by molar-refractivity contribution is 8.00. The van der Waals surface area contributed by atoms with Crippen LogP contribution < -0.4 is 10.6 Å². The number of ether oxygens (including phenoxy) is 2. The fourth-order valence-electron chi connectivity index (χ4n) is 3.28. The first-order valence-corrected chi connectivity index (χ1v) is 10.2. The lowest BCUT2D eigenvalue weighted by atomic mass is 10.0. The van der Waals surface area contributed by atoms with Gasteiger partial charge in [0.15, 0.2) is 0 Å². The van der Waals surface area contributed by atoms with Gasteiger partial charge in [0.1, 0.15) is 5.60 Å². The van der Waals surface area contributed by atoms with E-state index in [1.165, 1.54) is 18.9 Å². The van der Waals surface area contributed by atoms with Crippen molar-refractivity contribution in [1.82, 2.24) is 0 Å². The fourth-order valence-corrected chi connectivity index (χ4v) is 4.69. The van der Waals surface area contributed by atoms with E-state index in [9.17, 15) is 9.59 Å². The minimum atomic E-state index is -0.592. The molecule has 0 atom stereocenters. The van der Waals surface area contributed by atoms with Crippen LogP contribution in [0.25, 0.3) is 0 Å². The van der Waals surface area contributed by atoms with Gasteiger partial charge in [-0.1, -0.05) is 30.0 Å². The van der Waals surface area contributed by atoms with Gasteiger partial charge in [-0.25, -0.2) is 4.79 Å². The number of hydrogen-bond acceptors (Lipinski definition) is 7. The molecule has 154 valence electrons. The third kappa shape index (κ3) is 4.26. The molecule has 0 unspecified atom stereocenters. The Labute approximate surface area is 175 Å². The minimum Gasteiger partial charge on any atom is -0.469 e. The van der Waals surface area contributed by atoms with Crippen LogP contribution in [-0.4, -0.2) is 31.7 Å². The number of nitrogens with zero attached hydrogens (tertiary/aromatic N) is 1. The normalized spacial score (nSPS) is 12.8. The van der Waals surface area contributed by atoms with Gasteiger partial charge in [0, 0.05) is 18.5 Å². The van der Waals surface area contributed by atoms with Crippen molar-refractivity contribution < 1.29 is 19.1 Å². The molecular formula is C22H26N2O4S. The Kier molecular flexibility index (Phi) is 5.91. The van der Waals surface area contributed by atoms with Gasteiger partial charge < -0.3 is 20.1 Å². The number of methoxy groups -OCH3 is 1. The van der Waals surface area contributed by atoms with E-state index in [-0.39, 0.29) is 18.4 Å². The molecule has 0 aromatic heterocycles. The van der Waals surface area contributed by atoms with Crippen molar-refractivity contribution in [3.63, 3.8) is 0 Å². The number of anilines is 2. The van der Waals surface area contributed by atoms with E-state index in [1.54, 1.807) is 6.07 Å². The first-order valence-electron chi connectivity index (χ1n) is 9.36. The standard InChI is InChI=1S/C22H26N2O4S/c1-22(2,3)28-21(26)15-7-6-8-16-20(15)29-19-13(11-17(25)27-5)9-10-14(12-23)18(19)24(16)4/h6-10H,11-12,23H2,1-5H3. The molecule has 7 heteroatoms. The highest BCUT2D eigenvalue weighted by Crippen LogP contribution is 2.51. The van der Waals surface area contributed by atoms with Gasteiger partial charge in [-0.2, -0.15) is 0 Å². The van der Waals surface area contributed by atoms with E-state index in [2.05, 4.69) is 0 Å². The zero-order chi connectivity index (χ0) is 21.3. The fraction of sp³-hybridized carbons (Fsp3) is 0.364. The molecule has 2 aromatic rings. The minimum absolute atomic E-state index is 0.147. The Balaban J connectivity index is 2.13. The van der Waals surface area contributed by atoms with E-state index in [4.69, 9.17) is 15.2 Å². The summed E-state index contributed by atoms with van der Waals surface area (Å²) in [5.41, 5.74) is 9.55. The number of nitrogens with two attached hydrogens (primary N) is 1. The van der Waals surface area contributed by atoms with Crippen LogP contribution in [0.3, 0.4) is 0 Å². The summed E-state index contributed by atoms with van der Waals surface area (Å²) in [6.45, 7) is 5.90. The second-order valence-corrected chi connectivity index (χ2v) is 8.86. The topological polar surface area (TPSA) is 81.9 Å². The number of fused-ring (bicyclic) bond motifs is 2.